The molecule has 4 aromatic rings. The van der Waals surface area contributed by atoms with Crippen molar-refractivity contribution in [3.63, 3.8) is 0 Å². The molecule has 0 atom stereocenters. The number of alkyl halides is 4. The first kappa shape index (κ1) is 24.6. The summed E-state index contributed by atoms with van der Waals surface area (Å²) in [6.07, 6.45) is 0.517. The Bertz CT molecular complexity index is 1260. The zero-order chi connectivity index (χ0) is 23.8. The van der Waals surface area contributed by atoms with Crippen LogP contribution in [0.1, 0.15) is 17.7 Å². The number of pyridine rings is 2. The number of hydrogen-bond donors (Lipinski definition) is 1. The summed E-state index contributed by atoms with van der Waals surface area (Å²) in [7, 11) is 0. The molecular formula is C23H20F3IN4O2. The van der Waals surface area contributed by atoms with Crippen molar-refractivity contribution in [2.75, 3.05) is 11.5 Å². The topological polar surface area (TPSA) is 80.8 Å². The Morgan fingerprint density at radius 3 is 2.52 bits per heavy atom. The van der Waals surface area contributed by atoms with Gasteiger partial charge < -0.3 is 9.72 Å². The first-order valence-corrected chi connectivity index (χ1v) is 12.0. The summed E-state index contributed by atoms with van der Waals surface area (Å²) in [6, 6.07) is 12.2. The van der Waals surface area contributed by atoms with Gasteiger partial charge in [-0.1, -0.05) is 28.7 Å². The second-order valence-electron chi connectivity index (χ2n) is 6.81. The van der Waals surface area contributed by atoms with Crippen molar-refractivity contribution in [2.45, 2.75) is 19.0 Å². The largest absolute Gasteiger partial charge is 0.494 e. The summed E-state index contributed by atoms with van der Waals surface area (Å²) in [6.45, 7) is 0.464. The lowest BCUT2D eigenvalue weighted by atomic mass is 10.1. The van der Waals surface area contributed by atoms with Gasteiger partial charge in [-0.2, -0.15) is 13.2 Å². The lowest BCUT2D eigenvalue weighted by Gasteiger charge is -2.09. The van der Waals surface area contributed by atoms with Crippen molar-refractivity contribution >= 4 is 33.5 Å². The summed E-state index contributed by atoms with van der Waals surface area (Å²) in [5, 5.41) is 0.280. The first-order chi connectivity index (χ1) is 15.9. The van der Waals surface area contributed by atoms with E-state index in [1.807, 2.05) is 17.1 Å². The summed E-state index contributed by atoms with van der Waals surface area (Å²) < 4.78 is 44.5. The zero-order valence-corrected chi connectivity index (χ0v) is 19.7. The van der Waals surface area contributed by atoms with E-state index in [1.54, 1.807) is 30.6 Å². The maximum atomic E-state index is 12.9. The standard InChI is InChI=1S/C22H17F3N4O2.CH3I/c23-22(24,25)19-5-1-4-18(27-19)20-28-17-7-6-15(13-16(17)21(30)29-20)31-12-2-3-14-8-10-26-11-9-14;1-2/h1,4-11,13H,2-3,12H2,(H,28,29,30);1H3. The minimum absolute atomic E-state index is 0.0328. The quantitative estimate of drug-likeness (QED) is 0.190. The molecule has 0 radical (unpaired) electrons. The molecule has 0 spiro atoms. The fourth-order valence-electron chi connectivity index (χ4n) is 3.07. The smallest absolute Gasteiger partial charge is 0.433 e. The van der Waals surface area contributed by atoms with E-state index in [0.717, 1.165) is 24.5 Å². The second kappa shape index (κ2) is 11.2. The molecule has 0 saturated heterocycles. The van der Waals surface area contributed by atoms with E-state index in [1.165, 1.54) is 12.1 Å². The summed E-state index contributed by atoms with van der Waals surface area (Å²) in [4.78, 5) is 28.8. The fraction of sp³-hybridized carbons (Fsp3) is 0.217. The number of halogens is 4. The third kappa shape index (κ3) is 6.50. The molecule has 0 aliphatic carbocycles. The molecule has 0 amide bonds. The van der Waals surface area contributed by atoms with Crippen LogP contribution in [0.2, 0.25) is 0 Å². The Morgan fingerprint density at radius 2 is 1.79 bits per heavy atom. The number of nitrogens with one attached hydrogen (secondary N) is 1. The fourth-order valence-corrected chi connectivity index (χ4v) is 3.07. The number of aromatic nitrogens is 4. The number of benzene rings is 1. The van der Waals surface area contributed by atoms with Crippen molar-refractivity contribution in [1.29, 1.82) is 0 Å². The molecule has 3 heterocycles. The first-order valence-electron chi connectivity index (χ1n) is 9.88. The van der Waals surface area contributed by atoms with Crippen molar-refractivity contribution in [1.82, 2.24) is 19.9 Å². The van der Waals surface area contributed by atoms with E-state index in [9.17, 15) is 18.0 Å². The Balaban J connectivity index is 0.00000149. The number of aromatic amines is 1. The van der Waals surface area contributed by atoms with Gasteiger partial charge in [-0.15, -0.1) is 0 Å². The van der Waals surface area contributed by atoms with E-state index >= 15 is 0 Å². The SMILES string of the molecule is CI.O=c1[nH]c(-c2cccc(C(F)(F)F)n2)nc2ccc(OCCCc3ccncc3)cc12. The van der Waals surface area contributed by atoms with Crippen LogP contribution in [0.15, 0.2) is 65.7 Å². The van der Waals surface area contributed by atoms with Gasteiger partial charge in [0.1, 0.15) is 17.1 Å². The van der Waals surface area contributed by atoms with Gasteiger partial charge in [0.2, 0.25) is 0 Å². The Hall–Kier alpha value is -3.02. The summed E-state index contributed by atoms with van der Waals surface area (Å²) >= 11 is 2.15. The van der Waals surface area contributed by atoms with Crippen LogP contribution in [0.3, 0.4) is 0 Å². The van der Waals surface area contributed by atoms with E-state index < -0.39 is 17.4 Å². The van der Waals surface area contributed by atoms with Gasteiger partial charge in [0, 0.05) is 12.4 Å². The Kier molecular flexibility index (Phi) is 8.37. The van der Waals surface area contributed by atoms with Crippen LogP contribution in [0, 0.1) is 0 Å². The highest BCUT2D eigenvalue weighted by Crippen LogP contribution is 2.29. The van der Waals surface area contributed by atoms with Gasteiger partial charge in [0.25, 0.3) is 5.56 Å². The molecule has 0 aliphatic heterocycles. The monoisotopic (exact) mass is 568 g/mol. The Labute approximate surface area is 201 Å². The van der Waals surface area contributed by atoms with Crippen LogP contribution in [0.4, 0.5) is 13.2 Å². The molecule has 0 aliphatic rings. The maximum Gasteiger partial charge on any atom is 0.433 e. The van der Waals surface area contributed by atoms with Crippen LogP contribution in [0.25, 0.3) is 22.4 Å². The molecule has 0 bridgehead atoms. The molecule has 4 rings (SSSR count). The average molecular weight is 568 g/mol. The normalized spacial score (nSPS) is 11.1. The summed E-state index contributed by atoms with van der Waals surface area (Å²) in [5.74, 6) is 0.481. The van der Waals surface area contributed by atoms with E-state index in [2.05, 4.69) is 42.5 Å². The van der Waals surface area contributed by atoms with Gasteiger partial charge in [0.15, 0.2) is 5.82 Å². The number of H-pyrrole nitrogens is 1. The van der Waals surface area contributed by atoms with Gasteiger partial charge in [-0.3, -0.25) is 9.78 Å². The average Bonchev–Trinajstić information content (AvgIpc) is 2.83. The van der Waals surface area contributed by atoms with Crippen molar-refractivity contribution < 1.29 is 17.9 Å². The third-order valence-electron chi connectivity index (χ3n) is 4.59. The third-order valence-corrected chi connectivity index (χ3v) is 4.59. The Morgan fingerprint density at radius 1 is 1.03 bits per heavy atom. The highest BCUT2D eigenvalue weighted by atomic mass is 127. The minimum Gasteiger partial charge on any atom is -0.494 e. The van der Waals surface area contributed by atoms with Gasteiger partial charge in [-0.25, -0.2) is 9.97 Å². The van der Waals surface area contributed by atoms with Gasteiger partial charge >= 0.3 is 6.18 Å². The van der Waals surface area contributed by atoms with Crippen molar-refractivity contribution in [3.05, 3.63) is 82.5 Å². The molecule has 1 N–H and O–H groups in total. The molecule has 0 fully saturated rings. The minimum atomic E-state index is -4.59. The lowest BCUT2D eigenvalue weighted by molar-refractivity contribution is -0.141. The molecule has 6 nitrogen and oxygen atoms in total. The van der Waals surface area contributed by atoms with Gasteiger partial charge in [-0.05, 0) is 65.8 Å². The zero-order valence-electron chi connectivity index (χ0n) is 17.6. The van der Waals surface area contributed by atoms with Crippen LogP contribution < -0.4 is 10.3 Å². The number of nitrogens with zero attached hydrogens (tertiary/aromatic N) is 3. The number of fused-ring (bicyclic) bond motifs is 1. The molecule has 1 aromatic carbocycles. The molecule has 0 unspecified atom stereocenters. The molecular weight excluding hydrogens is 548 g/mol. The van der Waals surface area contributed by atoms with Gasteiger partial charge in [0.05, 0.1) is 17.5 Å². The highest BCUT2D eigenvalue weighted by Gasteiger charge is 2.32. The predicted molar refractivity (Wildman–Crippen MR) is 129 cm³/mol. The van der Waals surface area contributed by atoms with Crippen LogP contribution in [-0.4, -0.2) is 31.5 Å². The number of aryl methyl sites for hydroxylation is 1. The van der Waals surface area contributed by atoms with Crippen molar-refractivity contribution in [2.24, 2.45) is 0 Å². The van der Waals surface area contributed by atoms with Crippen LogP contribution >= 0.6 is 22.6 Å². The van der Waals surface area contributed by atoms with E-state index in [0.29, 0.717) is 17.9 Å². The maximum absolute atomic E-state index is 12.9. The number of rotatable bonds is 6. The van der Waals surface area contributed by atoms with Crippen LogP contribution in [0.5, 0.6) is 5.75 Å². The summed E-state index contributed by atoms with van der Waals surface area (Å²) in [5.41, 5.74) is -0.106. The van der Waals surface area contributed by atoms with E-state index in [4.69, 9.17) is 4.74 Å². The number of ether oxygens (including phenoxy) is 1. The molecule has 10 heteroatoms. The van der Waals surface area contributed by atoms with Crippen molar-refractivity contribution in [3.8, 4) is 17.3 Å². The number of hydrogen-bond acceptors (Lipinski definition) is 5. The molecule has 172 valence electrons. The predicted octanol–water partition coefficient (Wildman–Crippen LogP) is 5.46. The lowest BCUT2D eigenvalue weighted by Crippen LogP contribution is -2.12. The second-order valence-corrected chi connectivity index (χ2v) is 6.81. The molecule has 3 aromatic heterocycles. The van der Waals surface area contributed by atoms with Crippen LogP contribution in [-0.2, 0) is 12.6 Å². The highest BCUT2D eigenvalue weighted by molar-refractivity contribution is 14.1. The molecule has 0 saturated carbocycles. The molecule has 33 heavy (non-hydrogen) atoms. The van der Waals surface area contributed by atoms with E-state index in [-0.39, 0.29) is 16.9 Å².